The first kappa shape index (κ1) is 26.9. The van der Waals surface area contributed by atoms with Crippen LogP contribution in [0, 0.1) is 24.0 Å². The van der Waals surface area contributed by atoms with Crippen LogP contribution in [0.15, 0.2) is 76.5 Å². The van der Waals surface area contributed by atoms with E-state index in [-0.39, 0.29) is 40.0 Å². The van der Waals surface area contributed by atoms with Gasteiger partial charge < -0.3 is 8.92 Å². The lowest BCUT2D eigenvalue weighted by molar-refractivity contribution is -0.384. The van der Waals surface area contributed by atoms with Gasteiger partial charge in [-0.15, -0.1) is 0 Å². The Kier molecular flexibility index (Phi) is 7.83. The number of rotatable bonds is 9. The molecule has 0 N–H and O–H groups in total. The van der Waals surface area contributed by atoms with Crippen LogP contribution in [0.2, 0.25) is 0 Å². The van der Waals surface area contributed by atoms with Crippen molar-refractivity contribution in [3.63, 3.8) is 0 Å². The van der Waals surface area contributed by atoms with Crippen molar-refractivity contribution in [1.29, 1.82) is 0 Å². The minimum atomic E-state index is -4.33. The molecule has 3 aromatic carbocycles. The molecule has 1 fully saturated rings. The number of carbonyl (C=O) groups excluding carboxylic acids is 2. The van der Waals surface area contributed by atoms with Crippen LogP contribution in [0.1, 0.15) is 16.7 Å². The number of benzene rings is 3. The molecule has 0 bridgehead atoms. The van der Waals surface area contributed by atoms with Gasteiger partial charge in [0.25, 0.3) is 16.8 Å². The van der Waals surface area contributed by atoms with Gasteiger partial charge in [0, 0.05) is 17.7 Å². The minimum absolute atomic E-state index is 0.0437. The fourth-order valence-electron chi connectivity index (χ4n) is 3.52. The number of carbonyl (C=O) groups is 2. The Labute approximate surface area is 223 Å². The molecule has 0 unspecified atom stereocenters. The minimum Gasteiger partial charge on any atom is -0.491 e. The van der Waals surface area contributed by atoms with Gasteiger partial charge in [0.05, 0.1) is 16.4 Å². The fraction of sp³-hybridized carbons (Fsp3) is 0.154. The Hall–Kier alpha value is -4.16. The van der Waals surface area contributed by atoms with E-state index in [2.05, 4.69) is 0 Å². The Bertz CT molecular complexity index is 1550. The summed E-state index contributed by atoms with van der Waals surface area (Å²) in [4.78, 5) is 36.5. The van der Waals surface area contributed by atoms with E-state index < -0.39 is 26.2 Å². The van der Waals surface area contributed by atoms with Crippen molar-refractivity contribution in [3.8, 4) is 11.5 Å². The van der Waals surface area contributed by atoms with E-state index in [1.807, 2.05) is 32.0 Å². The van der Waals surface area contributed by atoms with E-state index >= 15 is 0 Å². The molecule has 0 aliphatic carbocycles. The monoisotopic (exact) mass is 554 g/mol. The smallest absolute Gasteiger partial charge is 0.339 e. The number of hydrogen-bond acceptors (Lipinski definition) is 9. The lowest BCUT2D eigenvalue weighted by Crippen LogP contribution is -2.32. The number of ether oxygens (including phenoxy) is 1. The molecule has 0 atom stereocenters. The van der Waals surface area contributed by atoms with Gasteiger partial charge in [-0.25, -0.2) is 0 Å². The first-order valence-electron chi connectivity index (χ1n) is 11.3. The first-order valence-corrected chi connectivity index (χ1v) is 13.5. The number of amides is 2. The van der Waals surface area contributed by atoms with E-state index in [0.29, 0.717) is 5.75 Å². The van der Waals surface area contributed by atoms with Gasteiger partial charge in [0.2, 0.25) is 0 Å². The van der Waals surface area contributed by atoms with Crippen LogP contribution in [0.4, 0.5) is 10.5 Å². The van der Waals surface area contributed by atoms with Crippen LogP contribution in [0.5, 0.6) is 11.5 Å². The molecule has 0 radical (unpaired) electrons. The highest BCUT2D eigenvalue weighted by molar-refractivity contribution is 8.18. The maximum atomic E-state index is 12.9. The third-order valence-electron chi connectivity index (χ3n) is 5.53. The zero-order valence-electron chi connectivity index (χ0n) is 20.3. The molecule has 10 nitrogen and oxygen atoms in total. The van der Waals surface area contributed by atoms with E-state index in [9.17, 15) is 28.1 Å². The summed E-state index contributed by atoms with van der Waals surface area (Å²) in [5.41, 5.74) is 1.95. The summed E-state index contributed by atoms with van der Waals surface area (Å²) >= 11 is 0.730. The summed E-state index contributed by atoms with van der Waals surface area (Å²) in [5, 5.41) is 10.4. The number of hydrogen-bond donors (Lipinski definition) is 0. The van der Waals surface area contributed by atoms with Gasteiger partial charge in [-0.3, -0.25) is 24.6 Å². The number of nitro groups is 1. The zero-order valence-corrected chi connectivity index (χ0v) is 22.0. The van der Waals surface area contributed by atoms with Crippen LogP contribution >= 0.6 is 11.8 Å². The molecule has 0 aromatic heterocycles. The zero-order chi connectivity index (χ0) is 27.4. The Morgan fingerprint density at radius 1 is 1.00 bits per heavy atom. The normalized spacial score (nSPS) is 14.7. The number of thioether (sulfide) groups is 1. The number of aryl methyl sites for hydroxylation is 2. The molecule has 1 aliphatic rings. The number of nitrogens with zero attached hydrogens (tertiary/aromatic N) is 2. The average Bonchev–Trinajstić information content (AvgIpc) is 3.14. The molecular formula is C26H22N2O8S2. The van der Waals surface area contributed by atoms with Crippen molar-refractivity contribution in [2.45, 2.75) is 18.7 Å². The molecule has 1 aliphatic heterocycles. The summed E-state index contributed by atoms with van der Waals surface area (Å²) in [7, 11) is -4.33. The number of non-ortho nitro benzene ring substituents is 1. The van der Waals surface area contributed by atoms with Crippen LogP contribution in [-0.2, 0) is 14.9 Å². The molecule has 1 saturated heterocycles. The van der Waals surface area contributed by atoms with Gasteiger partial charge in [0.15, 0.2) is 0 Å². The second kappa shape index (κ2) is 11.1. The molecule has 12 heteroatoms. The largest absolute Gasteiger partial charge is 0.491 e. The van der Waals surface area contributed by atoms with Crippen LogP contribution in [0.25, 0.3) is 6.08 Å². The van der Waals surface area contributed by atoms with Crippen LogP contribution in [-0.4, -0.2) is 42.5 Å². The van der Waals surface area contributed by atoms with E-state index in [1.165, 1.54) is 18.2 Å². The van der Waals surface area contributed by atoms with Crippen molar-refractivity contribution >= 4 is 44.8 Å². The Morgan fingerprint density at radius 2 is 1.71 bits per heavy atom. The highest BCUT2D eigenvalue weighted by Crippen LogP contribution is 2.34. The highest BCUT2D eigenvalue weighted by Gasteiger charge is 2.35. The predicted octanol–water partition coefficient (Wildman–Crippen LogP) is 5.09. The maximum Gasteiger partial charge on any atom is 0.339 e. The summed E-state index contributed by atoms with van der Waals surface area (Å²) in [6.45, 7) is 4.00. The Morgan fingerprint density at radius 3 is 2.42 bits per heavy atom. The second-order valence-electron chi connectivity index (χ2n) is 8.28. The Balaban J connectivity index is 1.48. The summed E-state index contributed by atoms with van der Waals surface area (Å²) in [6.07, 6.45) is 1.39. The molecule has 1 heterocycles. The van der Waals surface area contributed by atoms with Gasteiger partial charge in [0.1, 0.15) is 23.0 Å². The molecule has 2 amide bonds. The average molecular weight is 555 g/mol. The molecule has 196 valence electrons. The van der Waals surface area contributed by atoms with Crippen molar-refractivity contribution < 1.29 is 31.9 Å². The molecule has 0 saturated carbocycles. The lowest BCUT2D eigenvalue weighted by Gasteiger charge is -2.14. The van der Waals surface area contributed by atoms with Gasteiger partial charge in [-0.1, -0.05) is 30.3 Å². The van der Waals surface area contributed by atoms with Gasteiger partial charge >= 0.3 is 10.1 Å². The van der Waals surface area contributed by atoms with Crippen molar-refractivity contribution in [1.82, 2.24) is 4.90 Å². The maximum absolute atomic E-state index is 12.9. The van der Waals surface area contributed by atoms with Crippen molar-refractivity contribution in [2.75, 3.05) is 13.2 Å². The van der Waals surface area contributed by atoms with Crippen LogP contribution in [0.3, 0.4) is 0 Å². The number of para-hydroxylation sites is 1. The summed E-state index contributed by atoms with van der Waals surface area (Å²) < 4.78 is 36.6. The molecule has 0 spiro atoms. The molecule has 38 heavy (non-hydrogen) atoms. The number of imide groups is 1. The third-order valence-corrected chi connectivity index (χ3v) is 7.69. The van der Waals surface area contributed by atoms with E-state index in [0.717, 1.165) is 52.1 Å². The number of nitro benzene ring substituents is 1. The van der Waals surface area contributed by atoms with Crippen molar-refractivity contribution in [2.24, 2.45) is 0 Å². The third kappa shape index (κ3) is 6.03. The van der Waals surface area contributed by atoms with Gasteiger partial charge in [-0.05, 0) is 67.1 Å². The SMILES string of the molecule is Cc1ccc(C)c(OCCN2C(=O)S/C(=C\c3ccccc3OS(=O)(=O)c3ccc([N+](=O)[O-])cc3)C2=O)c1. The van der Waals surface area contributed by atoms with Gasteiger partial charge in [-0.2, -0.15) is 8.42 Å². The summed E-state index contributed by atoms with van der Waals surface area (Å²) in [6, 6.07) is 16.1. The quantitative estimate of drug-likeness (QED) is 0.153. The molecule has 3 aromatic rings. The topological polar surface area (TPSA) is 133 Å². The fourth-order valence-corrected chi connectivity index (χ4v) is 5.33. The molecular weight excluding hydrogens is 532 g/mol. The second-order valence-corrected chi connectivity index (χ2v) is 10.8. The predicted molar refractivity (Wildman–Crippen MR) is 141 cm³/mol. The standard InChI is InChI=1S/C26H22N2O8S2/c1-17-7-8-18(2)23(15-17)35-14-13-27-25(29)24(37-26(27)30)16-19-5-3-4-6-22(19)36-38(33,34)21-11-9-20(10-12-21)28(31)32/h3-12,15-16H,13-14H2,1-2H3/b24-16-. The first-order chi connectivity index (χ1) is 18.0. The van der Waals surface area contributed by atoms with E-state index in [1.54, 1.807) is 12.1 Å². The lowest BCUT2D eigenvalue weighted by atomic mass is 10.1. The van der Waals surface area contributed by atoms with E-state index in [4.69, 9.17) is 8.92 Å². The van der Waals surface area contributed by atoms with Crippen molar-refractivity contribution in [3.05, 3.63) is 98.4 Å². The highest BCUT2D eigenvalue weighted by atomic mass is 32.2. The summed E-state index contributed by atoms with van der Waals surface area (Å²) in [5.74, 6) is 0.0707. The molecule has 4 rings (SSSR count). The van der Waals surface area contributed by atoms with Crippen LogP contribution < -0.4 is 8.92 Å².